The zero-order valence-corrected chi connectivity index (χ0v) is 20.2. The van der Waals surface area contributed by atoms with Crippen LogP contribution in [0, 0.1) is 0 Å². The Morgan fingerprint density at radius 3 is 2.39 bits per heavy atom. The minimum atomic E-state index is -0.863. The molecule has 0 unspecified atom stereocenters. The van der Waals surface area contributed by atoms with Crippen molar-refractivity contribution in [1.82, 2.24) is 10.4 Å². The molecular formula is C27H27N3O6. The highest BCUT2D eigenvalue weighted by atomic mass is 16.5. The van der Waals surface area contributed by atoms with Gasteiger partial charge in [-0.3, -0.25) is 19.8 Å². The average Bonchev–Trinajstić information content (AvgIpc) is 2.88. The summed E-state index contributed by atoms with van der Waals surface area (Å²) in [6, 6.07) is 20.3. The highest BCUT2D eigenvalue weighted by molar-refractivity contribution is 6.00. The monoisotopic (exact) mass is 489 g/mol. The number of nitrogens with zero attached hydrogens (tertiary/aromatic N) is 1. The first-order valence-electron chi connectivity index (χ1n) is 11.5. The van der Waals surface area contributed by atoms with Crippen LogP contribution in [0.15, 0.2) is 72.8 Å². The van der Waals surface area contributed by atoms with Crippen LogP contribution >= 0.6 is 0 Å². The summed E-state index contributed by atoms with van der Waals surface area (Å²) < 4.78 is 17.1. The van der Waals surface area contributed by atoms with Crippen molar-refractivity contribution in [3.63, 3.8) is 0 Å². The van der Waals surface area contributed by atoms with Gasteiger partial charge < -0.3 is 19.5 Å². The second kappa shape index (κ2) is 10.8. The number of hydrogen-bond donors (Lipinski definition) is 2. The molecule has 9 nitrogen and oxygen atoms in total. The van der Waals surface area contributed by atoms with E-state index in [4.69, 9.17) is 14.2 Å². The van der Waals surface area contributed by atoms with E-state index in [2.05, 4.69) is 10.7 Å². The lowest BCUT2D eigenvalue weighted by Gasteiger charge is -2.46. The van der Waals surface area contributed by atoms with E-state index in [1.807, 2.05) is 36.4 Å². The molecule has 0 bridgehead atoms. The largest absolute Gasteiger partial charge is 0.496 e. The van der Waals surface area contributed by atoms with Crippen LogP contribution in [0.5, 0.6) is 17.2 Å². The maximum atomic E-state index is 13.3. The molecule has 0 saturated carbocycles. The summed E-state index contributed by atoms with van der Waals surface area (Å²) in [6.45, 7) is 3.49. The summed E-state index contributed by atoms with van der Waals surface area (Å²) in [5, 5.41) is 3.91. The molecule has 0 spiro atoms. The molecular weight excluding hydrogens is 462 g/mol. The Morgan fingerprint density at radius 1 is 0.972 bits per heavy atom. The van der Waals surface area contributed by atoms with Gasteiger partial charge in [-0.05, 0) is 37.3 Å². The molecule has 4 rings (SSSR count). The van der Waals surface area contributed by atoms with Crippen molar-refractivity contribution >= 4 is 23.4 Å². The van der Waals surface area contributed by atoms with Gasteiger partial charge >= 0.3 is 0 Å². The maximum absolute atomic E-state index is 13.3. The fraction of sp³-hybridized carbons (Fsp3) is 0.222. The molecule has 1 aliphatic rings. The van der Waals surface area contributed by atoms with Crippen LogP contribution in [0.4, 0.5) is 5.69 Å². The van der Waals surface area contributed by atoms with Crippen molar-refractivity contribution in [2.75, 3.05) is 19.0 Å². The number of ether oxygens (including phenoxy) is 3. The lowest BCUT2D eigenvalue weighted by atomic mass is 9.91. The molecule has 0 radical (unpaired) electrons. The fourth-order valence-electron chi connectivity index (χ4n) is 4.00. The van der Waals surface area contributed by atoms with Crippen LogP contribution in [0.1, 0.15) is 35.8 Å². The second-order valence-electron chi connectivity index (χ2n) is 8.01. The third-order valence-electron chi connectivity index (χ3n) is 5.58. The number of nitrogens with one attached hydrogen (secondary N) is 2. The van der Waals surface area contributed by atoms with E-state index in [1.54, 1.807) is 44.4 Å². The lowest BCUT2D eigenvalue weighted by molar-refractivity contribution is -0.169. The van der Waals surface area contributed by atoms with E-state index in [0.29, 0.717) is 29.4 Å². The summed E-state index contributed by atoms with van der Waals surface area (Å²) in [5.41, 5.74) is 4.09. The molecule has 1 heterocycles. The zero-order valence-electron chi connectivity index (χ0n) is 20.2. The molecule has 0 aliphatic carbocycles. The number of hydrogen-bond acceptors (Lipinski definition) is 6. The van der Waals surface area contributed by atoms with Crippen LogP contribution in [0.3, 0.4) is 0 Å². The molecule has 2 N–H and O–H groups in total. The average molecular weight is 490 g/mol. The van der Waals surface area contributed by atoms with Gasteiger partial charge in [-0.25, -0.2) is 5.01 Å². The van der Waals surface area contributed by atoms with Crippen molar-refractivity contribution in [3.8, 4) is 17.2 Å². The van der Waals surface area contributed by atoms with Crippen LogP contribution in [-0.2, 0) is 9.59 Å². The molecule has 3 amide bonds. The Balaban J connectivity index is 1.62. The topological polar surface area (TPSA) is 106 Å². The molecule has 1 saturated heterocycles. The summed E-state index contributed by atoms with van der Waals surface area (Å²) in [5.74, 6) is 0.180. The van der Waals surface area contributed by atoms with E-state index in [1.165, 1.54) is 18.0 Å². The molecule has 1 fully saturated rings. The predicted molar refractivity (Wildman–Crippen MR) is 133 cm³/mol. The first kappa shape index (κ1) is 24.6. The van der Waals surface area contributed by atoms with Gasteiger partial charge in [0.05, 0.1) is 19.3 Å². The fourth-order valence-corrected chi connectivity index (χ4v) is 4.00. The van der Waals surface area contributed by atoms with Crippen molar-refractivity contribution in [2.24, 2.45) is 0 Å². The Hall–Kier alpha value is -4.53. The van der Waals surface area contributed by atoms with Crippen LogP contribution in [-0.4, -0.2) is 42.6 Å². The van der Waals surface area contributed by atoms with Gasteiger partial charge in [-0.15, -0.1) is 0 Å². The molecule has 36 heavy (non-hydrogen) atoms. The SMILES string of the molecule is CCOc1cc(NC(C)=O)ccc1C(=O)NN1C(=O)[C@H](Oc2ccccc2)[C@@H]1c1ccccc1OC. The van der Waals surface area contributed by atoms with Crippen molar-refractivity contribution in [2.45, 2.75) is 26.0 Å². The highest BCUT2D eigenvalue weighted by Gasteiger charge is 2.52. The van der Waals surface area contributed by atoms with E-state index >= 15 is 0 Å². The van der Waals surface area contributed by atoms with Crippen LogP contribution in [0.25, 0.3) is 0 Å². The van der Waals surface area contributed by atoms with Crippen LogP contribution in [0.2, 0.25) is 0 Å². The van der Waals surface area contributed by atoms with Gasteiger partial charge in [-0.1, -0.05) is 36.4 Å². The number of amides is 3. The molecule has 2 atom stereocenters. The third-order valence-corrected chi connectivity index (χ3v) is 5.58. The number of rotatable bonds is 9. The van der Waals surface area contributed by atoms with Gasteiger partial charge in [0.2, 0.25) is 12.0 Å². The number of carbonyl (C=O) groups is 3. The Labute approximate surface area is 208 Å². The number of β-lactam (4-membered cyclic amide) rings is 1. The standard InChI is InChI=1S/C27H27N3O6/c1-4-35-23-16-18(28-17(2)31)14-15-21(23)26(32)29-30-24(20-12-8-9-13-22(20)34-3)25(27(30)33)36-19-10-6-5-7-11-19/h5-16,24-25H,4H2,1-3H3,(H,28,31)(H,29,32)/t24-,25+/m0/s1. The predicted octanol–water partition coefficient (Wildman–Crippen LogP) is 3.73. The summed E-state index contributed by atoms with van der Waals surface area (Å²) in [4.78, 5) is 37.9. The molecule has 186 valence electrons. The van der Waals surface area contributed by atoms with E-state index in [9.17, 15) is 14.4 Å². The quantitative estimate of drug-likeness (QED) is 0.444. The van der Waals surface area contributed by atoms with Gasteiger partial charge in [0, 0.05) is 24.2 Å². The minimum Gasteiger partial charge on any atom is -0.496 e. The van der Waals surface area contributed by atoms with E-state index in [0.717, 1.165) is 0 Å². The Bertz CT molecular complexity index is 1260. The van der Waals surface area contributed by atoms with Gasteiger partial charge in [0.1, 0.15) is 23.3 Å². The zero-order chi connectivity index (χ0) is 25.7. The summed E-state index contributed by atoms with van der Waals surface area (Å²) in [6.07, 6.45) is -0.863. The molecule has 3 aromatic rings. The number of para-hydroxylation sites is 2. The van der Waals surface area contributed by atoms with E-state index in [-0.39, 0.29) is 17.2 Å². The molecule has 0 aromatic heterocycles. The molecule has 1 aliphatic heterocycles. The first-order valence-corrected chi connectivity index (χ1v) is 11.5. The van der Waals surface area contributed by atoms with Crippen LogP contribution < -0.4 is 25.0 Å². The Morgan fingerprint density at radius 2 is 1.69 bits per heavy atom. The maximum Gasteiger partial charge on any atom is 0.285 e. The van der Waals surface area contributed by atoms with Crippen molar-refractivity contribution < 1.29 is 28.6 Å². The number of hydrazine groups is 1. The minimum absolute atomic E-state index is 0.213. The number of benzene rings is 3. The Kier molecular flexibility index (Phi) is 7.39. The first-order chi connectivity index (χ1) is 17.4. The summed E-state index contributed by atoms with van der Waals surface area (Å²) in [7, 11) is 1.54. The molecule has 3 aromatic carbocycles. The third kappa shape index (κ3) is 5.10. The lowest BCUT2D eigenvalue weighted by Crippen LogP contribution is -2.67. The smallest absolute Gasteiger partial charge is 0.285 e. The van der Waals surface area contributed by atoms with E-state index < -0.39 is 24.0 Å². The van der Waals surface area contributed by atoms with Gasteiger partial charge in [0.25, 0.3) is 11.8 Å². The van der Waals surface area contributed by atoms with Gasteiger partial charge in [-0.2, -0.15) is 0 Å². The normalized spacial score (nSPS) is 16.5. The highest BCUT2D eigenvalue weighted by Crippen LogP contribution is 2.40. The van der Waals surface area contributed by atoms with Gasteiger partial charge in [0.15, 0.2) is 0 Å². The number of methoxy groups -OCH3 is 1. The van der Waals surface area contributed by atoms with Crippen molar-refractivity contribution in [3.05, 3.63) is 83.9 Å². The number of carbonyl (C=O) groups excluding carboxylic acids is 3. The number of anilines is 1. The summed E-state index contributed by atoms with van der Waals surface area (Å²) >= 11 is 0. The second-order valence-corrected chi connectivity index (χ2v) is 8.01. The molecule has 9 heteroatoms. The van der Waals surface area contributed by atoms with Crippen molar-refractivity contribution in [1.29, 1.82) is 0 Å².